The van der Waals surface area contributed by atoms with E-state index < -0.39 is 0 Å². The van der Waals surface area contributed by atoms with Gasteiger partial charge in [0.15, 0.2) is 0 Å². The molecule has 0 radical (unpaired) electrons. The summed E-state index contributed by atoms with van der Waals surface area (Å²) in [4.78, 5) is 13.5. The number of amides is 1. The van der Waals surface area contributed by atoms with Gasteiger partial charge in [0.25, 0.3) is 0 Å². The molecule has 0 aromatic heterocycles. The number of carbonyl (C=O) groups excluding carboxylic acids is 1. The smallest absolute Gasteiger partial charge is 0.236 e. The molecule has 0 fully saturated rings. The largest absolute Gasteiger partial charge is 0.345 e. The van der Waals surface area contributed by atoms with Crippen molar-refractivity contribution in [3.05, 3.63) is 35.4 Å². The molecule has 1 aliphatic carbocycles. The van der Waals surface area contributed by atoms with Crippen molar-refractivity contribution in [1.82, 2.24) is 10.2 Å². The van der Waals surface area contributed by atoms with Crippen LogP contribution < -0.4 is 5.32 Å². The van der Waals surface area contributed by atoms with Crippen molar-refractivity contribution < 1.29 is 4.79 Å². The molecule has 0 spiro atoms. The first-order valence-electron chi connectivity index (χ1n) is 6.27. The molecule has 0 saturated heterocycles. The van der Waals surface area contributed by atoms with Crippen molar-refractivity contribution in [2.75, 3.05) is 20.1 Å². The summed E-state index contributed by atoms with van der Waals surface area (Å²) in [5.74, 6) is 0.164. The maximum atomic E-state index is 11.7. The van der Waals surface area contributed by atoms with Crippen LogP contribution in [0.2, 0.25) is 0 Å². The number of nitrogens with one attached hydrogen (secondary N) is 1. The first-order chi connectivity index (χ1) is 8.22. The molecule has 92 valence electrons. The summed E-state index contributed by atoms with van der Waals surface area (Å²) in [6, 6.07) is 8.83. The molecule has 0 heterocycles. The Labute approximate surface area is 103 Å². The van der Waals surface area contributed by atoms with Crippen LogP contribution in [0, 0.1) is 0 Å². The molecule has 1 aromatic rings. The lowest BCUT2D eigenvalue weighted by molar-refractivity contribution is -0.128. The fraction of sp³-hybridized carbons (Fsp3) is 0.500. The molecule has 0 bridgehead atoms. The van der Waals surface area contributed by atoms with Gasteiger partial charge in [-0.25, -0.2) is 0 Å². The maximum absolute atomic E-state index is 11.7. The van der Waals surface area contributed by atoms with Crippen molar-refractivity contribution in [2.45, 2.75) is 25.8 Å². The Bertz CT molecular complexity index is 403. The molecule has 1 N–H and O–H groups in total. The molecular weight excluding hydrogens is 212 g/mol. The Morgan fingerprint density at radius 3 is 3.00 bits per heavy atom. The molecular formula is C14H20N2O. The summed E-state index contributed by atoms with van der Waals surface area (Å²) >= 11 is 0. The van der Waals surface area contributed by atoms with E-state index in [1.54, 1.807) is 4.90 Å². The van der Waals surface area contributed by atoms with Gasteiger partial charge in [0.05, 0.1) is 6.54 Å². The van der Waals surface area contributed by atoms with Crippen molar-refractivity contribution in [2.24, 2.45) is 0 Å². The third kappa shape index (κ3) is 2.67. The predicted molar refractivity (Wildman–Crippen MR) is 68.8 cm³/mol. The Balaban J connectivity index is 1.92. The van der Waals surface area contributed by atoms with Gasteiger partial charge in [-0.2, -0.15) is 0 Å². The number of fused-ring (bicyclic) bond motifs is 1. The second-order valence-corrected chi connectivity index (χ2v) is 4.58. The highest BCUT2D eigenvalue weighted by Crippen LogP contribution is 2.30. The van der Waals surface area contributed by atoms with Gasteiger partial charge in [-0.3, -0.25) is 4.79 Å². The van der Waals surface area contributed by atoms with E-state index in [4.69, 9.17) is 0 Å². The Hall–Kier alpha value is -1.35. The molecule has 3 heteroatoms. The molecule has 1 aromatic carbocycles. The minimum absolute atomic E-state index is 0.164. The molecule has 0 saturated carbocycles. The van der Waals surface area contributed by atoms with Crippen molar-refractivity contribution in [1.29, 1.82) is 0 Å². The van der Waals surface area contributed by atoms with Crippen LogP contribution >= 0.6 is 0 Å². The quantitative estimate of drug-likeness (QED) is 0.857. The van der Waals surface area contributed by atoms with Crippen LogP contribution in [0.1, 0.15) is 30.5 Å². The van der Waals surface area contributed by atoms with Gasteiger partial charge in [0, 0.05) is 19.6 Å². The normalized spacial score (nSPS) is 17.9. The second kappa shape index (κ2) is 5.32. The molecule has 1 atom stereocenters. The van der Waals surface area contributed by atoms with Crippen molar-refractivity contribution in [3.63, 3.8) is 0 Å². The van der Waals surface area contributed by atoms with Gasteiger partial charge < -0.3 is 10.2 Å². The van der Waals surface area contributed by atoms with Crippen LogP contribution in [0.4, 0.5) is 0 Å². The average Bonchev–Trinajstić information content (AvgIpc) is 2.78. The number of benzene rings is 1. The van der Waals surface area contributed by atoms with Crippen LogP contribution in [0.15, 0.2) is 24.3 Å². The SMILES string of the molecule is CCN(C)C(=O)CNC1CCc2ccccc21. The summed E-state index contributed by atoms with van der Waals surface area (Å²) in [6.45, 7) is 3.19. The van der Waals surface area contributed by atoms with E-state index in [1.807, 2.05) is 14.0 Å². The molecule has 0 aliphatic heterocycles. The summed E-state index contributed by atoms with van der Waals surface area (Å²) < 4.78 is 0. The lowest BCUT2D eigenvalue weighted by Gasteiger charge is -2.18. The standard InChI is InChI=1S/C14H20N2O/c1-3-16(2)14(17)10-15-13-9-8-11-6-4-5-7-12(11)13/h4-7,13,15H,3,8-10H2,1-2H3. The zero-order valence-electron chi connectivity index (χ0n) is 10.6. The number of carbonyl (C=O) groups is 1. The van der Waals surface area contributed by atoms with Gasteiger partial charge in [-0.15, -0.1) is 0 Å². The Morgan fingerprint density at radius 2 is 2.24 bits per heavy atom. The van der Waals surface area contributed by atoms with E-state index in [1.165, 1.54) is 11.1 Å². The van der Waals surface area contributed by atoms with Gasteiger partial charge in [0.2, 0.25) is 5.91 Å². The van der Waals surface area contributed by atoms with Gasteiger partial charge in [0.1, 0.15) is 0 Å². The van der Waals surface area contributed by atoms with E-state index >= 15 is 0 Å². The predicted octanol–water partition coefficient (Wildman–Crippen LogP) is 1.74. The van der Waals surface area contributed by atoms with E-state index in [0.717, 1.165) is 19.4 Å². The molecule has 3 nitrogen and oxygen atoms in total. The van der Waals surface area contributed by atoms with Crippen LogP contribution in [0.3, 0.4) is 0 Å². The lowest BCUT2D eigenvalue weighted by atomic mass is 10.1. The summed E-state index contributed by atoms with van der Waals surface area (Å²) in [7, 11) is 1.84. The topological polar surface area (TPSA) is 32.3 Å². The van der Waals surface area contributed by atoms with Gasteiger partial charge >= 0.3 is 0 Å². The molecule has 1 amide bonds. The van der Waals surface area contributed by atoms with E-state index in [-0.39, 0.29) is 5.91 Å². The number of nitrogens with zero attached hydrogens (tertiary/aromatic N) is 1. The number of hydrogen-bond donors (Lipinski definition) is 1. The van der Waals surface area contributed by atoms with Crippen LogP contribution in [0.25, 0.3) is 0 Å². The highest BCUT2D eigenvalue weighted by Gasteiger charge is 2.22. The number of rotatable bonds is 4. The van der Waals surface area contributed by atoms with Gasteiger partial charge in [-0.1, -0.05) is 24.3 Å². The van der Waals surface area contributed by atoms with E-state index in [2.05, 4.69) is 29.6 Å². The zero-order valence-corrected chi connectivity index (χ0v) is 10.6. The molecule has 1 unspecified atom stereocenters. The average molecular weight is 232 g/mol. The minimum Gasteiger partial charge on any atom is -0.345 e. The third-order valence-corrected chi connectivity index (χ3v) is 3.53. The molecule has 17 heavy (non-hydrogen) atoms. The summed E-state index contributed by atoms with van der Waals surface area (Å²) in [6.07, 6.45) is 2.22. The van der Waals surface area contributed by atoms with Crippen LogP contribution in [0.5, 0.6) is 0 Å². The van der Waals surface area contributed by atoms with Crippen molar-refractivity contribution >= 4 is 5.91 Å². The molecule has 1 aliphatic rings. The fourth-order valence-corrected chi connectivity index (χ4v) is 2.29. The zero-order chi connectivity index (χ0) is 12.3. The summed E-state index contributed by atoms with van der Waals surface area (Å²) in [5, 5.41) is 3.36. The minimum atomic E-state index is 0.164. The number of aryl methyl sites for hydroxylation is 1. The third-order valence-electron chi connectivity index (χ3n) is 3.53. The lowest BCUT2D eigenvalue weighted by Crippen LogP contribution is -2.36. The fourth-order valence-electron chi connectivity index (χ4n) is 2.29. The summed E-state index contributed by atoms with van der Waals surface area (Å²) in [5.41, 5.74) is 2.78. The highest BCUT2D eigenvalue weighted by atomic mass is 16.2. The van der Waals surface area contributed by atoms with Crippen LogP contribution in [-0.4, -0.2) is 30.9 Å². The Kier molecular flexibility index (Phi) is 3.79. The number of likely N-dealkylation sites (N-methyl/N-ethyl adjacent to an activating group) is 1. The van der Waals surface area contributed by atoms with E-state index in [9.17, 15) is 4.79 Å². The monoisotopic (exact) mass is 232 g/mol. The second-order valence-electron chi connectivity index (χ2n) is 4.58. The highest BCUT2D eigenvalue weighted by molar-refractivity contribution is 5.78. The first-order valence-corrected chi connectivity index (χ1v) is 6.27. The Morgan fingerprint density at radius 1 is 1.47 bits per heavy atom. The van der Waals surface area contributed by atoms with E-state index in [0.29, 0.717) is 12.6 Å². The number of hydrogen-bond acceptors (Lipinski definition) is 2. The first kappa shape index (κ1) is 12.1. The van der Waals surface area contributed by atoms with Crippen LogP contribution in [-0.2, 0) is 11.2 Å². The van der Waals surface area contributed by atoms with Gasteiger partial charge in [-0.05, 0) is 30.9 Å². The maximum Gasteiger partial charge on any atom is 0.236 e. The van der Waals surface area contributed by atoms with Crippen molar-refractivity contribution in [3.8, 4) is 0 Å². The molecule has 2 rings (SSSR count).